The van der Waals surface area contributed by atoms with Crippen LogP contribution in [0, 0.1) is 10.1 Å². The maximum absolute atomic E-state index is 10.9. The zero-order valence-electron chi connectivity index (χ0n) is 10.1. The van der Waals surface area contributed by atoms with E-state index in [9.17, 15) is 10.1 Å². The number of nitro groups is 1. The van der Waals surface area contributed by atoms with Gasteiger partial charge in [0.05, 0.1) is 16.7 Å². The molecule has 0 unspecified atom stereocenters. The first-order valence-corrected chi connectivity index (χ1v) is 5.91. The highest BCUT2D eigenvalue weighted by Crippen LogP contribution is 2.30. The van der Waals surface area contributed by atoms with Gasteiger partial charge in [-0.15, -0.1) is 0 Å². The molecule has 1 aromatic heterocycles. The monoisotopic (exact) mass is 290 g/mol. The highest BCUT2D eigenvalue weighted by Gasteiger charge is 2.16. The molecule has 8 heteroatoms. The summed E-state index contributed by atoms with van der Waals surface area (Å²) >= 11 is 4.59. The van der Waals surface area contributed by atoms with Crippen molar-refractivity contribution >= 4 is 29.2 Å². The molecule has 0 amide bonds. The van der Waals surface area contributed by atoms with Crippen molar-refractivity contribution in [2.75, 3.05) is 0 Å². The van der Waals surface area contributed by atoms with E-state index in [2.05, 4.69) is 22.7 Å². The molecule has 0 atom stereocenters. The molecule has 3 N–H and O–H groups in total. The van der Waals surface area contributed by atoms with Gasteiger partial charge in [0.25, 0.3) is 5.69 Å². The van der Waals surface area contributed by atoms with Crippen LogP contribution in [0.3, 0.4) is 0 Å². The smallest absolute Gasteiger partial charge is 0.280 e. The van der Waals surface area contributed by atoms with Crippen LogP contribution in [-0.2, 0) is 0 Å². The summed E-state index contributed by atoms with van der Waals surface area (Å²) in [7, 11) is 0. The Morgan fingerprint density at radius 1 is 1.40 bits per heavy atom. The minimum Gasteiger partial charge on any atom is -0.455 e. The first-order chi connectivity index (χ1) is 9.58. The molecule has 0 aliphatic carbocycles. The Morgan fingerprint density at radius 2 is 2.15 bits per heavy atom. The van der Waals surface area contributed by atoms with Crippen LogP contribution in [0.15, 0.2) is 45.9 Å². The second-order valence-corrected chi connectivity index (χ2v) is 4.15. The molecule has 2 rings (SSSR count). The summed E-state index contributed by atoms with van der Waals surface area (Å²) in [6, 6.07) is 9.60. The van der Waals surface area contributed by atoms with E-state index in [1.165, 1.54) is 12.3 Å². The van der Waals surface area contributed by atoms with Crippen molar-refractivity contribution in [3.63, 3.8) is 0 Å². The third-order valence-corrected chi connectivity index (χ3v) is 2.45. The van der Waals surface area contributed by atoms with Gasteiger partial charge in [0.1, 0.15) is 11.5 Å². The number of nitro benzene ring substituents is 1. The molecule has 0 spiro atoms. The molecular weight excluding hydrogens is 280 g/mol. The van der Waals surface area contributed by atoms with E-state index in [0.29, 0.717) is 17.1 Å². The van der Waals surface area contributed by atoms with Gasteiger partial charge >= 0.3 is 0 Å². The van der Waals surface area contributed by atoms with Crippen LogP contribution in [-0.4, -0.2) is 16.3 Å². The number of rotatable bonds is 4. The van der Waals surface area contributed by atoms with E-state index < -0.39 is 4.92 Å². The van der Waals surface area contributed by atoms with Crippen molar-refractivity contribution in [1.82, 2.24) is 5.43 Å². The van der Waals surface area contributed by atoms with Gasteiger partial charge in [0.15, 0.2) is 5.11 Å². The van der Waals surface area contributed by atoms with Gasteiger partial charge in [-0.3, -0.25) is 15.5 Å². The van der Waals surface area contributed by atoms with Gasteiger partial charge in [-0.2, -0.15) is 5.10 Å². The molecule has 1 heterocycles. The number of nitrogens with two attached hydrogens (primary N) is 1. The third kappa shape index (κ3) is 3.18. The lowest BCUT2D eigenvalue weighted by Crippen LogP contribution is -2.23. The molecule has 1 aromatic carbocycles. The SMILES string of the molecule is NC(=S)N/N=C/c1ccc(-c2ccccc2[N+](=O)[O-])o1. The predicted molar refractivity (Wildman–Crippen MR) is 78.3 cm³/mol. The fourth-order valence-electron chi connectivity index (χ4n) is 1.57. The molecule has 0 aliphatic rings. The van der Waals surface area contributed by atoms with E-state index in [1.807, 2.05) is 0 Å². The average molecular weight is 290 g/mol. The van der Waals surface area contributed by atoms with Gasteiger partial charge in [0, 0.05) is 6.07 Å². The van der Waals surface area contributed by atoms with E-state index in [-0.39, 0.29) is 10.8 Å². The number of nitrogens with one attached hydrogen (secondary N) is 1. The molecule has 0 radical (unpaired) electrons. The molecule has 102 valence electrons. The van der Waals surface area contributed by atoms with E-state index in [1.54, 1.807) is 30.3 Å². The van der Waals surface area contributed by atoms with Gasteiger partial charge in [0.2, 0.25) is 0 Å². The second-order valence-electron chi connectivity index (χ2n) is 3.71. The molecular formula is C12H10N4O3S. The Bertz CT molecular complexity index is 681. The minimum absolute atomic E-state index is 0.0217. The molecule has 2 aromatic rings. The standard InChI is InChI=1S/C12H10N4O3S/c13-12(20)15-14-7-8-5-6-11(19-8)9-3-1-2-4-10(9)16(17)18/h1-7H,(H3,13,15,20)/b14-7+. The maximum atomic E-state index is 10.9. The van der Waals surface area contributed by atoms with Gasteiger partial charge < -0.3 is 10.2 Å². The summed E-state index contributed by atoms with van der Waals surface area (Å²) in [5.74, 6) is 0.802. The summed E-state index contributed by atoms with van der Waals surface area (Å²) in [4.78, 5) is 10.5. The zero-order chi connectivity index (χ0) is 14.5. The normalized spacial score (nSPS) is 10.6. The van der Waals surface area contributed by atoms with Crippen LogP contribution in [0.2, 0.25) is 0 Å². The Morgan fingerprint density at radius 3 is 2.85 bits per heavy atom. The summed E-state index contributed by atoms with van der Waals surface area (Å²) in [5.41, 5.74) is 7.97. The predicted octanol–water partition coefficient (Wildman–Crippen LogP) is 2.02. The Balaban J connectivity index is 2.27. The molecule has 0 fully saturated rings. The van der Waals surface area contributed by atoms with Crippen molar-refractivity contribution in [3.8, 4) is 11.3 Å². The van der Waals surface area contributed by atoms with Crippen LogP contribution in [0.4, 0.5) is 5.69 Å². The summed E-state index contributed by atoms with van der Waals surface area (Å²) in [5, 5.41) is 14.7. The fourth-order valence-corrected chi connectivity index (χ4v) is 1.62. The second kappa shape index (κ2) is 5.93. The number of nitrogens with zero attached hydrogens (tertiary/aromatic N) is 2. The molecule has 20 heavy (non-hydrogen) atoms. The van der Waals surface area contributed by atoms with Crippen molar-refractivity contribution < 1.29 is 9.34 Å². The van der Waals surface area contributed by atoms with E-state index >= 15 is 0 Å². The number of para-hydroxylation sites is 1. The fraction of sp³-hybridized carbons (Fsp3) is 0. The van der Waals surface area contributed by atoms with Gasteiger partial charge in [-0.1, -0.05) is 12.1 Å². The minimum atomic E-state index is -0.458. The third-order valence-electron chi connectivity index (χ3n) is 2.36. The Labute approximate surface area is 119 Å². The lowest BCUT2D eigenvalue weighted by molar-refractivity contribution is -0.384. The highest BCUT2D eigenvalue weighted by molar-refractivity contribution is 7.80. The van der Waals surface area contributed by atoms with Gasteiger partial charge in [-0.25, -0.2) is 0 Å². The Kier molecular flexibility index (Phi) is 4.06. The number of thiocarbonyl (C=S) groups is 1. The topological polar surface area (TPSA) is 107 Å². The van der Waals surface area contributed by atoms with Crippen molar-refractivity contribution in [3.05, 3.63) is 52.3 Å². The first-order valence-electron chi connectivity index (χ1n) is 5.50. The van der Waals surface area contributed by atoms with Crippen LogP contribution in [0.25, 0.3) is 11.3 Å². The van der Waals surface area contributed by atoms with Gasteiger partial charge in [-0.05, 0) is 30.4 Å². The summed E-state index contributed by atoms with van der Waals surface area (Å²) < 4.78 is 5.46. The number of hydrazone groups is 1. The van der Waals surface area contributed by atoms with Crippen molar-refractivity contribution in [1.29, 1.82) is 0 Å². The van der Waals surface area contributed by atoms with Crippen LogP contribution in [0.1, 0.15) is 5.76 Å². The summed E-state index contributed by atoms with van der Waals surface area (Å²) in [6.45, 7) is 0. The molecule has 7 nitrogen and oxygen atoms in total. The quantitative estimate of drug-likeness (QED) is 0.386. The largest absolute Gasteiger partial charge is 0.455 e. The lowest BCUT2D eigenvalue weighted by atomic mass is 10.1. The Hall–Kier alpha value is -2.74. The molecule has 0 bridgehead atoms. The van der Waals surface area contributed by atoms with Crippen molar-refractivity contribution in [2.45, 2.75) is 0 Å². The van der Waals surface area contributed by atoms with E-state index in [4.69, 9.17) is 10.2 Å². The van der Waals surface area contributed by atoms with E-state index in [0.717, 1.165) is 0 Å². The lowest BCUT2D eigenvalue weighted by Gasteiger charge is -1.98. The number of hydrogen-bond donors (Lipinski definition) is 2. The average Bonchev–Trinajstić information content (AvgIpc) is 2.87. The van der Waals surface area contributed by atoms with Crippen LogP contribution >= 0.6 is 12.2 Å². The first kappa shape index (κ1) is 13.7. The zero-order valence-corrected chi connectivity index (χ0v) is 11.0. The highest BCUT2D eigenvalue weighted by atomic mass is 32.1. The maximum Gasteiger partial charge on any atom is 0.280 e. The van der Waals surface area contributed by atoms with Crippen molar-refractivity contribution in [2.24, 2.45) is 10.8 Å². The number of furan rings is 1. The molecule has 0 saturated carbocycles. The molecule has 0 saturated heterocycles. The molecule has 0 aliphatic heterocycles. The van der Waals surface area contributed by atoms with Crippen LogP contribution in [0.5, 0.6) is 0 Å². The summed E-state index contributed by atoms with van der Waals surface area (Å²) in [6.07, 6.45) is 1.37. The number of hydrogen-bond acceptors (Lipinski definition) is 5. The number of benzene rings is 1. The van der Waals surface area contributed by atoms with Crippen LogP contribution < -0.4 is 11.2 Å².